The highest BCUT2D eigenvalue weighted by atomic mass is 32.2. The lowest BCUT2D eigenvalue weighted by molar-refractivity contribution is -0.274. The van der Waals surface area contributed by atoms with Crippen molar-refractivity contribution in [3.8, 4) is 5.75 Å². The number of thioether (sulfide) groups is 1. The summed E-state index contributed by atoms with van der Waals surface area (Å²) in [5.41, 5.74) is 6.36. The summed E-state index contributed by atoms with van der Waals surface area (Å²) in [7, 11) is 0. The summed E-state index contributed by atoms with van der Waals surface area (Å²) in [6.07, 6.45) is -1.88. The van der Waals surface area contributed by atoms with Crippen molar-refractivity contribution in [1.82, 2.24) is 5.43 Å². The summed E-state index contributed by atoms with van der Waals surface area (Å²) >= 11 is 1.44. The first-order valence-electron chi connectivity index (χ1n) is 12.0. The third kappa shape index (κ3) is 6.24. The predicted octanol–water partition coefficient (Wildman–Crippen LogP) is 5.60. The van der Waals surface area contributed by atoms with E-state index in [2.05, 4.69) is 25.4 Å². The van der Waals surface area contributed by atoms with Gasteiger partial charge in [-0.05, 0) is 60.9 Å². The molecule has 0 radical (unpaired) electrons. The van der Waals surface area contributed by atoms with Crippen LogP contribution in [0.4, 0.5) is 24.5 Å². The zero-order chi connectivity index (χ0) is 27.6. The van der Waals surface area contributed by atoms with Crippen LogP contribution < -0.4 is 20.1 Å². The van der Waals surface area contributed by atoms with Gasteiger partial charge in [0, 0.05) is 11.4 Å². The molecule has 2 heterocycles. The SMILES string of the molecule is Cc1ccccc1N1/C(=N/N=C/c2ccc(C3N=CN(c4ccc(OC(F)(F)F)cc4)N3)cc2)SCC1(C)O. The lowest BCUT2D eigenvalue weighted by Gasteiger charge is -2.31. The van der Waals surface area contributed by atoms with E-state index in [9.17, 15) is 18.3 Å². The van der Waals surface area contributed by atoms with Crippen LogP contribution in [0.25, 0.3) is 0 Å². The average Bonchev–Trinajstić information content (AvgIpc) is 3.49. The highest BCUT2D eigenvalue weighted by molar-refractivity contribution is 8.14. The van der Waals surface area contributed by atoms with Crippen molar-refractivity contribution in [1.29, 1.82) is 0 Å². The van der Waals surface area contributed by atoms with Crippen molar-refractivity contribution in [2.24, 2.45) is 15.2 Å². The lowest BCUT2D eigenvalue weighted by atomic mass is 10.1. The van der Waals surface area contributed by atoms with Crippen LogP contribution in [0.15, 0.2) is 88.0 Å². The van der Waals surface area contributed by atoms with Crippen LogP contribution in [0.1, 0.15) is 29.8 Å². The summed E-state index contributed by atoms with van der Waals surface area (Å²) in [6.45, 7) is 3.75. The fourth-order valence-electron chi connectivity index (χ4n) is 4.14. The Hall–Kier alpha value is -3.87. The molecule has 2 atom stereocenters. The molecule has 3 aromatic rings. The molecule has 3 aromatic carbocycles. The molecule has 2 unspecified atom stereocenters. The van der Waals surface area contributed by atoms with Gasteiger partial charge in [-0.3, -0.25) is 9.91 Å². The minimum atomic E-state index is -4.73. The maximum atomic E-state index is 12.4. The number of nitrogens with zero attached hydrogens (tertiary/aromatic N) is 5. The van der Waals surface area contributed by atoms with Gasteiger partial charge in [0.1, 0.15) is 18.3 Å². The van der Waals surface area contributed by atoms with Gasteiger partial charge in [0.15, 0.2) is 10.9 Å². The van der Waals surface area contributed by atoms with Gasteiger partial charge in [0.05, 0.1) is 11.9 Å². The molecule has 2 N–H and O–H groups in total. The highest BCUT2D eigenvalue weighted by Crippen LogP contribution is 2.37. The predicted molar refractivity (Wildman–Crippen MR) is 148 cm³/mol. The van der Waals surface area contributed by atoms with E-state index in [1.807, 2.05) is 55.5 Å². The second kappa shape index (κ2) is 10.7. The third-order valence-corrected chi connectivity index (χ3v) is 7.26. The fraction of sp³-hybridized carbons (Fsp3) is 0.222. The molecule has 8 nitrogen and oxygen atoms in total. The maximum Gasteiger partial charge on any atom is 0.573 e. The Balaban J connectivity index is 1.22. The van der Waals surface area contributed by atoms with E-state index in [4.69, 9.17) is 0 Å². The van der Waals surface area contributed by atoms with Crippen molar-refractivity contribution < 1.29 is 23.0 Å². The number of amidine groups is 1. The quantitative estimate of drug-likeness (QED) is 0.305. The number of aryl methyl sites for hydroxylation is 1. The second-order valence-electron chi connectivity index (χ2n) is 9.13. The Morgan fingerprint density at radius 3 is 2.51 bits per heavy atom. The normalized spacial score (nSPS) is 22.4. The Bertz CT molecular complexity index is 1410. The van der Waals surface area contributed by atoms with Crippen LogP contribution >= 0.6 is 11.8 Å². The first-order chi connectivity index (χ1) is 18.6. The standard InChI is InChI=1S/C27H25F3N6O2S/c1-18-5-3-4-6-23(18)36-25(39-16-26(36,2)37)33-32-15-19-7-9-20(10-8-19)24-31-17-35(34-24)21-11-13-22(14-12-21)38-27(28,29)30/h3-15,17,24,34,37H,16H2,1-2H3/b32-15+,33-25-. The molecule has 1 saturated heterocycles. The van der Waals surface area contributed by atoms with Crippen molar-refractivity contribution in [3.05, 3.63) is 89.5 Å². The number of nitrogens with one attached hydrogen (secondary N) is 1. The number of rotatable bonds is 6. The van der Waals surface area contributed by atoms with E-state index in [0.29, 0.717) is 16.6 Å². The molecule has 0 spiro atoms. The number of alkyl halides is 3. The van der Waals surface area contributed by atoms with E-state index in [0.717, 1.165) is 22.4 Å². The molecule has 202 valence electrons. The summed E-state index contributed by atoms with van der Waals surface area (Å²) in [5, 5.41) is 21.8. The number of halogens is 3. The molecule has 0 aromatic heterocycles. The first-order valence-corrected chi connectivity index (χ1v) is 12.9. The summed E-state index contributed by atoms with van der Waals surface area (Å²) in [6, 6.07) is 20.9. The Kier molecular flexibility index (Phi) is 7.34. The Labute approximate surface area is 227 Å². The van der Waals surface area contributed by atoms with Gasteiger partial charge in [-0.25, -0.2) is 4.99 Å². The number of para-hydroxylation sites is 1. The molecule has 0 amide bonds. The molecule has 0 bridgehead atoms. The van der Waals surface area contributed by atoms with Crippen LogP contribution in [-0.2, 0) is 0 Å². The zero-order valence-corrected chi connectivity index (χ0v) is 21.8. The van der Waals surface area contributed by atoms with Crippen molar-refractivity contribution in [2.75, 3.05) is 15.7 Å². The van der Waals surface area contributed by atoms with Crippen molar-refractivity contribution in [2.45, 2.75) is 32.1 Å². The van der Waals surface area contributed by atoms with Gasteiger partial charge in [0.25, 0.3) is 0 Å². The van der Waals surface area contributed by atoms with Gasteiger partial charge in [-0.2, -0.15) is 10.5 Å². The number of hydrazine groups is 1. The summed E-state index contributed by atoms with van der Waals surface area (Å²) in [4.78, 5) is 6.24. The molecular weight excluding hydrogens is 529 g/mol. The zero-order valence-electron chi connectivity index (χ0n) is 21.0. The van der Waals surface area contributed by atoms with Gasteiger partial charge in [0.2, 0.25) is 0 Å². The molecule has 1 fully saturated rings. The molecule has 39 heavy (non-hydrogen) atoms. The van der Waals surface area contributed by atoms with Gasteiger partial charge >= 0.3 is 6.36 Å². The second-order valence-corrected chi connectivity index (χ2v) is 10.1. The van der Waals surface area contributed by atoms with Crippen molar-refractivity contribution in [3.63, 3.8) is 0 Å². The molecule has 2 aliphatic heterocycles. The topological polar surface area (TPSA) is 85.1 Å². The van der Waals surface area contributed by atoms with E-state index < -0.39 is 12.1 Å². The average molecular weight is 555 g/mol. The smallest absolute Gasteiger partial charge is 0.406 e. The number of hydrogen-bond acceptors (Lipinski definition) is 8. The monoisotopic (exact) mass is 554 g/mol. The molecule has 5 rings (SSSR count). The Morgan fingerprint density at radius 2 is 1.82 bits per heavy atom. The molecule has 0 aliphatic carbocycles. The van der Waals surface area contributed by atoms with E-state index in [-0.39, 0.29) is 11.9 Å². The summed E-state index contributed by atoms with van der Waals surface area (Å²) < 4.78 is 41.0. The minimum absolute atomic E-state index is 0.291. The Morgan fingerprint density at radius 1 is 1.10 bits per heavy atom. The molecule has 0 saturated carbocycles. The lowest BCUT2D eigenvalue weighted by Crippen LogP contribution is -2.45. The third-order valence-electron chi connectivity index (χ3n) is 6.05. The van der Waals surface area contributed by atoms with Crippen LogP contribution in [-0.4, -0.2) is 40.7 Å². The molecule has 12 heteroatoms. The van der Waals surface area contributed by atoms with E-state index in [1.165, 1.54) is 36.0 Å². The fourth-order valence-corrected chi connectivity index (χ4v) is 5.20. The van der Waals surface area contributed by atoms with Gasteiger partial charge < -0.3 is 9.84 Å². The number of hydrogen-bond donors (Lipinski definition) is 2. The van der Waals surface area contributed by atoms with Crippen LogP contribution in [0, 0.1) is 6.92 Å². The number of aliphatic hydroxyl groups is 1. The number of ether oxygens (including phenoxy) is 1. The summed E-state index contributed by atoms with van der Waals surface area (Å²) in [5.74, 6) is 0.183. The molecular formula is C27H25F3N6O2S. The van der Waals surface area contributed by atoms with Crippen LogP contribution in [0.2, 0.25) is 0 Å². The van der Waals surface area contributed by atoms with E-state index in [1.54, 1.807) is 29.4 Å². The number of benzene rings is 3. The molecule has 2 aliphatic rings. The largest absolute Gasteiger partial charge is 0.573 e. The minimum Gasteiger partial charge on any atom is -0.406 e. The van der Waals surface area contributed by atoms with Crippen LogP contribution in [0.3, 0.4) is 0 Å². The van der Waals surface area contributed by atoms with E-state index >= 15 is 0 Å². The number of aliphatic imine (C=N–C) groups is 1. The highest BCUT2D eigenvalue weighted by Gasteiger charge is 2.41. The van der Waals surface area contributed by atoms with Crippen molar-refractivity contribution >= 4 is 40.9 Å². The maximum absolute atomic E-state index is 12.4. The van der Waals surface area contributed by atoms with Crippen LogP contribution in [0.5, 0.6) is 5.75 Å². The first kappa shape index (κ1) is 26.7. The number of anilines is 2. The van der Waals surface area contributed by atoms with Gasteiger partial charge in [-0.15, -0.1) is 18.3 Å². The van der Waals surface area contributed by atoms with Gasteiger partial charge in [-0.1, -0.05) is 54.2 Å².